The minimum absolute atomic E-state index is 0.0330. The van der Waals surface area contributed by atoms with E-state index in [0.29, 0.717) is 0 Å². The Labute approximate surface area is 71.9 Å². The van der Waals surface area contributed by atoms with Crippen LogP contribution in [-0.2, 0) is 7.05 Å². The second-order valence-corrected chi connectivity index (χ2v) is 2.89. The second kappa shape index (κ2) is 3.01. The number of rotatable bonds is 1. The summed E-state index contributed by atoms with van der Waals surface area (Å²) >= 11 is 0. The van der Waals surface area contributed by atoms with E-state index in [1.165, 1.54) is 0 Å². The largest absolute Gasteiger partial charge is 0.286 e. The minimum atomic E-state index is 0.0330. The van der Waals surface area contributed by atoms with Crippen molar-refractivity contribution in [3.8, 4) is 0 Å². The molecule has 66 valence electrons. The van der Waals surface area contributed by atoms with Crippen LogP contribution in [0.3, 0.4) is 0 Å². The van der Waals surface area contributed by atoms with Crippen LogP contribution in [0.2, 0.25) is 0 Å². The Morgan fingerprint density at radius 3 is 2.50 bits per heavy atom. The molecule has 12 heavy (non-hydrogen) atoms. The highest BCUT2D eigenvalue weighted by Crippen LogP contribution is 2.01. The SMILES string of the molecule is C/C=C(\C)n1c(=O)cc(C)n1C. The summed E-state index contributed by atoms with van der Waals surface area (Å²) in [7, 11) is 1.88. The molecule has 0 spiro atoms. The van der Waals surface area contributed by atoms with Crippen LogP contribution in [0, 0.1) is 6.92 Å². The topological polar surface area (TPSA) is 26.9 Å². The van der Waals surface area contributed by atoms with Crippen molar-refractivity contribution in [2.75, 3.05) is 0 Å². The molecule has 1 rings (SSSR count). The quantitative estimate of drug-likeness (QED) is 0.619. The van der Waals surface area contributed by atoms with Crippen molar-refractivity contribution in [1.29, 1.82) is 0 Å². The molecule has 1 aromatic rings. The Morgan fingerprint density at radius 1 is 1.58 bits per heavy atom. The summed E-state index contributed by atoms with van der Waals surface area (Å²) < 4.78 is 3.49. The first kappa shape index (κ1) is 8.84. The fourth-order valence-corrected chi connectivity index (χ4v) is 1.17. The first-order chi connectivity index (χ1) is 5.57. The van der Waals surface area contributed by atoms with E-state index in [1.807, 2.05) is 38.6 Å². The van der Waals surface area contributed by atoms with Crippen molar-refractivity contribution in [2.24, 2.45) is 7.05 Å². The van der Waals surface area contributed by atoms with Gasteiger partial charge in [-0.25, -0.2) is 4.68 Å². The Morgan fingerprint density at radius 2 is 2.17 bits per heavy atom. The van der Waals surface area contributed by atoms with Gasteiger partial charge in [0.1, 0.15) is 0 Å². The normalized spacial score (nSPS) is 12.2. The van der Waals surface area contributed by atoms with Crippen LogP contribution >= 0.6 is 0 Å². The van der Waals surface area contributed by atoms with Crippen LogP contribution in [0.1, 0.15) is 19.5 Å². The van der Waals surface area contributed by atoms with Gasteiger partial charge in [-0.15, -0.1) is 0 Å². The van der Waals surface area contributed by atoms with E-state index in [9.17, 15) is 4.79 Å². The van der Waals surface area contributed by atoms with Crippen molar-refractivity contribution >= 4 is 5.70 Å². The molecule has 0 fully saturated rings. The van der Waals surface area contributed by atoms with Gasteiger partial charge in [0, 0.05) is 24.5 Å². The third kappa shape index (κ3) is 1.22. The molecular formula is C9H14N2O. The number of aryl methyl sites for hydroxylation is 1. The van der Waals surface area contributed by atoms with Gasteiger partial charge < -0.3 is 0 Å². The molecule has 0 aliphatic carbocycles. The van der Waals surface area contributed by atoms with Gasteiger partial charge in [0.2, 0.25) is 0 Å². The monoisotopic (exact) mass is 166 g/mol. The fraction of sp³-hybridized carbons (Fsp3) is 0.444. The first-order valence-electron chi connectivity index (χ1n) is 3.97. The lowest BCUT2D eigenvalue weighted by Gasteiger charge is -2.07. The third-order valence-corrected chi connectivity index (χ3v) is 2.10. The highest BCUT2D eigenvalue weighted by atomic mass is 16.1. The van der Waals surface area contributed by atoms with E-state index in [-0.39, 0.29) is 5.56 Å². The zero-order valence-corrected chi connectivity index (χ0v) is 7.96. The molecule has 3 heteroatoms. The smallest absolute Gasteiger partial charge is 0.271 e. The molecule has 0 radical (unpaired) electrons. The van der Waals surface area contributed by atoms with Crippen LogP contribution in [0.25, 0.3) is 5.70 Å². The highest BCUT2D eigenvalue weighted by Gasteiger charge is 2.04. The molecule has 1 aromatic heterocycles. The fourth-order valence-electron chi connectivity index (χ4n) is 1.17. The van der Waals surface area contributed by atoms with Gasteiger partial charge in [0.15, 0.2) is 0 Å². The molecule has 0 aliphatic rings. The molecule has 0 saturated heterocycles. The summed E-state index contributed by atoms with van der Waals surface area (Å²) in [5, 5.41) is 0. The summed E-state index contributed by atoms with van der Waals surface area (Å²) in [5.74, 6) is 0. The molecule has 0 bridgehead atoms. The van der Waals surface area contributed by atoms with Gasteiger partial charge in [-0.1, -0.05) is 6.08 Å². The Kier molecular flexibility index (Phi) is 2.22. The maximum Gasteiger partial charge on any atom is 0.271 e. The van der Waals surface area contributed by atoms with E-state index in [4.69, 9.17) is 0 Å². The Balaban J connectivity index is 3.43. The van der Waals surface area contributed by atoms with E-state index in [1.54, 1.807) is 10.7 Å². The lowest BCUT2D eigenvalue weighted by molar-refractivity contribution is 0.638. The summed E-state index contributed by atoms with van der Waals surface area (Å²) in [4.78, 5) is 11.4. The van der Waals surface area contributed by atoms with Crippen LogP contribution in [-0.4, -0.2) is 9.36 Å². The van der Waals surface area contributed by atoms with Gasteiger partial charge in [0.25, 0.3) is 5.56 Å². The maximum atomic E-state index is 11.4. The Hall–Kier alpha value is -1.25. The predicted octanol–water partition coefficient (Wildman–Crippen LogP) is 1.38. The predicted molar refractivity (Wildman–Crippen MR) is 50.0 cm³/mol. The molecule has 0 aliphatic heterocycles. The number of hydrogen-bond donors (Lipinski definition) is 0. The van der Waals surface area contributed by atoms with Gasteiger partial charge in [-0.05, 0) is 20.8 Å². The van der Waals surface area contributed by atoms with Gasteiger partial charge >= 0.3 is 0 Å². The van der Waals surface area contributed by atoms with Crippen molar-refractivity contribution in [2.45, 2.75) is 20.8 Å². The minimum Gasteiger partial charge on any atom is -0.286 e. The summed E-state index contributed by atoms with van der Waals surface area (Å²) in [6, 6.07) is 1.63. The molecule has 3 nitrogen and oxygen atoms in total. The molecule has 0 amide bonds. The highest BCUT2D eigenvalue weighted by molar-refractivity contribution is 5.40. The lowest BCUT2D eigenvalue weighted by atomic mass is 10.4. The van der Waals surface area contributed by atoms with Crippen molar-refractivity contribution in [3.63, 3.8) is 0 Å². The van der Waals surface area contributed by atoms with Crippen LogP contribution in [0.15, 0.2) is 16.9 Å². The average molecular weight is 166 g/mol. The van der Waals surface area contributed by atoms with Gasteiger partial charge in [-0.3, -0.25) is 9.48 Å². The number of allylic oxidation sites excluding steroid dienone is 2. The van der Waals surface area contributed by atoms with E-state index < -0.39 is 0 Å². The molecule has 0 N–H and O–H groups in total. The number of nitrogens with zero attached hydrogens (tertiary/aromatic N) is 2. The molecular weight excluding hydrogens is 152 g/mol. The molecule has 0 unspecified atom stereocenters. The Bertz CT molecular complexity index is 368. The average Bonchev–Trinajstić information content (AvgIpc) is 2.26. The van der Waals surface area contributed by atoms with Crippen molar-refractivity contribution < 1.29 is 0 Å². The van der Waals surface area contributed by atoms with Crippen LogP contribution in [0.5, 0.6) is 0 Å². The van der Waals surface area contributed by atoms with Crippen molar-refractivity contribution in [3.05, 3.63) is 28.2 Å². The summed E-state index contributed by atoms with van der Waals surface area (Å²) in [5.41, 5.74) is 1.96. The second-order valence-electron chi connectivity index (χ2n) is 2.89. The van der Waals surface area contributed by atoms with Crippen molar-refractivity contribution in [1.82, 2.24) is 9.36 Å². The van der Waals surface area contributed by atoms with Crippen LogP contribution in [0.4, 0.5) is 0 Å². The lowest BCUT2D eigenvalue weighted by Crippen LogP contribution is -2.19. The first-order valence-corrected chi connectivity index (χ1v) is 3.97. The third-order valence-electron chi connectivity index (χ3n) is 2.10. The van der Waals surface area contributed by atoms with Crippen LogP contribution < -0.4 is 5.56 Å². The zero-order chi connectivity index (χ0) is 9.30. The van der Waals surface area contributed by atoms with E-state index in [0.717, 1.165) is 11.4 Å². The molecule has 1 heterocycles. The number of aromatic nitrogens is 2. The summed E-state index contributed by atoms with van der Waals surface area (Å²) in [6.45, 7) is 5.76. The molecule has 0 aromatic carbocycles. The van der Waals surface area contributed by atoms with E-state index >= 15 is 0 Å². The van der Waals surface area contributed by atoms with Gasteiger partial charge in [0.05, 0.1) is 0 Å². The maximum absolute atomic E-state index is 11.4. The van der Waals surface area contributed by atoms with E-state index in [2.05, 4.69) is 0 Å². The van der Waals surface area contributed by atoms with Gasteiger partial charge in [-0.2, -0.15) is 0 Å². The zero-order valence-electron chi connectivity index (χ0n) is 7.96. The molecule has 0 saturated carbocycles. The molecule has 0 atom stereocenters. The standard InChI is InChI=1S/C9H14N2O/c1-5-7(2)11-9(12)6-8(3)10(11)4/h5-6H,1-4H3/b7-5+. The number of hydrogen-bond acceptors (Lipinski definition) is 1. The summed E-state index contributed by atoms with van der Waals surface area (Å²) in [6.07, 6.45) is 1.92.